The number of hydrogen-bond donors (Lipinski definition) is 0. The standard InChI is InChI=1S/C15H13BrN2O3/c1-9-5-11-12(16)6-10(7-13(11)18(2)15(9)19)21-8-14-17-3-4-20-14/h3-7H,8H2,1-2H3. The van der Waals surface area contributed by atoms with Crippen molar-refractivity contribution in [3.8, 4) is 5.75 Å². The SMILES string of the molecule is Cc1cc2c(Br)cc(OCc3ncco3)cc2n(C)c1=O. The minimum absolute atomic E-state index is 0.0146. The number of fused-ring (bicyclic) bond motifs is 1. The smallest absolute Gasteiger partial charge is 0.253 e. The minimum Gasteiger partial charge on any atom is -0.484 e. The molecule has 0 N–H and O–H groups in total. The zero-order chi connectivity index (χ0) is 15.0. The van der Waals surface area contributed by atoms with Crippen molar-refractivity contribution in [1.29, 1.82) is 0 Å². The van der Waals surface area contributed by atoms with Crippen LogP contribution in [0.1, 0.15) is 11.5 Å². The monoisotopic (exact) mass is 348 g/mol. The van der Waals surface area contributed by atoms with E-state index >= 15 is 0 Å². The van der Waals surface area contributed by atoms with Gasteiger partial charge in [-0.05, 0) is 35.0 Å². The van der Waals surface area contributed by atoms with E-state index in [1.165, 1.54) is 6.26 Å². The average molecular weight is 349 g/mol. The van der Waals surface area contributed by atoms with Gasteiger partial charge in [0.25, 0.3) is 5.56 Å². The number of hydrogen-bond acceptors (Lipinski definition) is 4. The maximum absolute atomic E-state index is 12.0. The van der Waals surface area contributed by atoms with Crippen molar-refractivity contribution >= 4 is 26.8 Å². The van der Waals surface area contributed by atoms with E-state index in [9.17, 15) is 4.79 Å². The van der Waals surface area contributed by atoms with E-state index in [1.807, 2.05) is 18.2 Å². The topological polar surface area (TPSA) is 57.3 Å². The van der Waals surface area contributed by atoms with Gasteiger partial charge in [0.1, 0.15) is 12.0 Å². The van der Waals surface area contributed by atoms with Gasteiger partial charge >= 0.3 is 0 Å². The zero-order valence-electron chi connectivity index (χ0n) is 11.6. The first-order valence-corrected chi connectivity index (χ1v) is 7.16. The van der Waals surface area contributed by atoms with Crippen molar-refractivity contribution in [3.63, 3.8) is 0 Å². The van der Waals surface area contributed by atoms with Crippen molar-refractivity contribution in [2.24, 2.45) is 7.05 Å². The number of benzene rings is 1. The molecule has 2 aromatic heterocycles. The fourth-order valence-corrected chi connectivity index (χ4v) is 2.75. The van der Waals surface area contributed by atoms with Gasteiger partial charge in [0, 0.05) is 28.5 Å². The van der Waals surface area contributed by atoms with Gasteiger partial charge in [-0.25, -0.2) is 4.98 Å². The van der Waals surface area contributed by atoms with Crippen molar-refractivity contribution in [3.05, 3.63) is 56.9 Å². The summed E-state index contributed by atoms with van der Waals surface area (Å²) in [6, 6.07) is 5.58. The minimum atomic E-state index is -0.0146. The van der Waals surface area contributed by atoms with Crippen LogP contribution in [0.4, 0.5) is 0 Å². The van der Waals surface area contributed by atoms with Crippen LogP contribution in [0.5, 0.6) is 5.75 Å². The maximum Gasteiger partial charge on any atom is 0.253 e. The van der Waals surface area contributed by atoms with E-state index in [-0.39, 0.29) is 12.2 Å². The third-order valence-corrected chi connectivity index (χ3v) is 3.95. The normalized spacial score (nSPS) is 11.0. The van der Waals surface area contributed by atoms with E-state index < -0.39 is 0 Å². The molecule has 0 fully saturated rings. The molecule has 0 bridgehead atoms. The molecule has 0 saturated heterocycles. The van der Waals surface area contributed by atoms with Gasteiger partial charge in [-0.15, -0.1) is 0 Å². The lowest BCUT2D eigenvalue weighted by atomic mass is 10.1. The molecule has 0 unspecified atom stereocenters. The molecule has 21 heavy (non-hydrogen) atoms. The van der Waals surface area contributed by atoms with Crippen LogP contribution in [-0.4, -0.2) is 9.55 Å². The molecule has 0 atom stereocenters. The molecule has 108 valence electrons. The Morgan fingerprint density at radius 3 is 2.90 bits per heavy atom. The summed E-state index contributed by atoms with van der Waals surface area (Å²) in [6.07, 6.45) is 3.07. The third kappa shape index (κ3) is 2.58. The number of pyridine rings is 1. The fourth-order valence-electron chi connectivity index (χ4n) is 2.20. The number of aromatic nitrogens is 2. The summed E-state index contributed by atoms with van der Waals surface area (Å²) in [5, 5.41) is 0.970. The number of oxazole rings is 1. The molecule has 2 heterocycles. The molecule has 0 radical (unpaired) electrons. The lowest BCUT2D eigenvalue weighted by Crippen LogP contribution is -2.19. The summed E-state index contributed by atoms with van der Waals surface area (Å²) in [5.41, 5.74) is 1.50. The Labute approximate surface area is 129 Å². The second kappa shape index (κ2) is 5.37. The van der Waals surface area contributed by atoms with Gasteiger partial charge in [0.2, 0.25) is 5.89 Å². The van der Waals surface area contributed by atoms with Crippen LogP contribution in [0.3, 0.4) is 0 Å². The van der Waals surface area contributed by atoms with Crippen molar-refractivity contribution < 1.29 is 9.15 Å². The van der Waals surface area contributed by atoms with Crippen LogP contribution in [0.15, 0.2) is 44.3 Å². The highest BCUT2D eigenvalue weighted by Crippen LogP contribution is 2.29. The van der Waals surface area contributed by atoms with Crippen LogP contribution < -0.4 is 10.3 Å². The molecule has 0 aliphatic rings. The van der Waals surface area contributed by atoms with E-state index in [1.54, 1.807) is 24.7 Å². The molecule has 1 aromatic carbocycles. The second-order valence-corrected chi connectivity index (χ2v) is 5.60. The molecule has 0 aliphatic heterocycles. The average Bonchev–Trinajstić information content (AvgIpc) is 2.97. The maximum atomic E-state index is 12.0. The van der Waals surface area contributed by atoms with Gasteiger partial charge in [0.05, 0.1) is 11.7 Å². The largest absolute Gasteiger partial charge is 0.484 e. The molecule has 3 rings (SSSR count). The van der Waals surface area contributed by atoms with Crippen LogP contribution in [0.2, 0.25) is 0 Å². The van der Waals surface area contributed by atoms with Gasteiger partial charge in [-0.3, -0.25) is 4.79 Å². The Morgan fingerprint density at radius 1 is 1.38 bits per heavy atom. The number of halogens is 1. The summed E-state index contributed by atoms with van der Waals surface area (Å²) < 4.78 is 13.3. The molecule has 6 heteroatoms. The molecule has 0 amide bonds. The summed E-state index contributed by atoms with van der Waals surface area (Å²) in [6.45, 7) is 2.05. The summed E-state index contributed by atoms with van der Waals surface area (Å²) in [7, 11) is 1.75. The highest BCUT2D eigenvalue weighted by Gasteiger charge is 2.09. The first kappa shape index (κ1) is 13.9. The highest BCUT2D eigenvalue weighted by molar-refractivity contribution is 9.10. The van der Waals surface area contributed by atoms with Crippen molar-refractivity contribution in [2.75, 3.05) is 0 Å². The second-order valence-electron chi connectivity index (χ2n) is 4.74. The van der Waals surface area contributed by atoms with Gasteiger partial charge in [-0.1, -0.05) is 0 Å². The molecule has 0 spiro atoms. The number of nitrogens with zero attached hydrogens (tertiary/aromatic N) is 2. The predicted octanol–water partition coefficient (Wildman–Crippen LogP) is 3.18. The molecule has 5 nitrogen and oxygen atoms in total. The lowest BCUT2D eigenvalue weighted by Gasteiger charge is -2.11. The number of aryl methyl sites for hydroxylation is 2. The first-order valence-electron chi connectivity index (χ1n) is 6.37. The fraction of sp³-hybridized carbons (Fsp3) is 0.200. The summed E-state index contributed by atoms with van der Waals surface area (Å²) in [4.78, 5) is 16.0. The Morgan fingerprint density at radius 2 is 2.19 bits per heavy atom. The van der Waals surface area contributed by atoms with E-state index in [0.29, 0.717) is 17.2 Å². The van der Waals surface area contributed by atoms with E-state index in [2.05, 4.69) is 20.9 Å². The van der Waals surface area contributed by atoms with Crippen LogP contribution >= 0.6 is 15.9 Å². The quantitative estimate of drug-likeness (QED) is 0.729. The Kier molecular flexibility index (Phi) is 3.55. The number of ether oxygens (including phenoxy) is 1. The lowest BCUT2D eigenvalue weighted by molar-refractivity contribution is 0.263. The van der Waals surface area contributed by atoms with Crippen LogP contribution in [-0.2, 0) is 13.7 Å². The van der Waals surface area contributed by atoms with Gasteiger partial charge in [-0.2, -0.15) is 0 Å². The number of rotatable bonds is 3. The van der Waals surface area contributed by atoms with Gasteiger partial charge in [0.15, 0.2) is 6.61 Å². The third-order valence-electron chi connectivity index (χ3n) is 3.29. The molecule has 0 aliphatic carbocycles. The summed E-state index contributed by atoms with van der Waals surface area (Å²) >= 11 is 3.52. The Balaban J connectivity index is 2.03. The molecule has 3 aromatic rings. The van der Waals surface area contributed by atoms with E-state index in [4.69, 9.17) is 9.15 Å². The Hall–Kier alpha value is -2.08. The molecular formula is C15H13BrN2O3. The molecule has 0 saturated carbocycles. The highest BCUT2D eigenvalue weighted by atomic mass is 79.9. The predicted molar refractivity (Wildman–Crippen MR) is 82.5 cm³/mol. The molecular weight excluding hydrogens is 336 g/mol. The van der Waals surface area contributed by atoms with Crippen molar-refractivity contribution in [1.82, 2.24) is 9.55 Å². The van der Waals surface area contributed by atoms with Crippen molar-refractivity contribution in [2.45, 2.75) is 13.5 Å². The zero-order valence-corrected chi connectivity index (χ0v) is 13.2. The first-order chi connectivity index (χ1) is 10.1. The van der Waals surface area contributed by atoms with Crippen LogP contribution in [0.25, 0.3) is 10.9 Å². The van der Waals surface area contributed by atoms with Gasteiger partial charge < -0.3 is 13.7 Å². The van der Waals surface area contributed by atoms with E-state index in [0.717, 1.165) is 15.4 Å². The summed E-state index contributed by atoms with van der Waals surface area (Å²) in [5.74, 6) is 1.15. The Bertz CT molecular complexity index is 853. The van der Waals surface area contributed by atoms with Crippen LogP contribution in [0, 0.1) is 6.92 Å².